The number of hydrogen-bond acceptors (Lipinski definition) is 2. The molecule has 25 heavy (non-hydrogen) atoms. The van der Waals surface area contributed by atoms with Crippen LogP contribution in [0, 0.1) is 5.92 Å². The molecule has 3 nitrogen and oxygen atoms in total. The summed E-state index contributed by atoms with van der Waals surface area (Å²) in [5.41, 5.74) is 2.30. The largest absolute Gasteiger partial charge is 0.371 e. The van der Waals surface area contributed by atoms with Gasteiger partial charge in [0.05, 0.1) is 0 Å². The van der Waals surface area contributed by atoms with Gasteiger partial charge in [-0.3, -0.25) is 4.79 Å². The lowest BCUT2D eigenvalue weighted by Crippen LogP contribution is -2.43. The smallest absolute Gasteiger partial charge is 0.230 e. The van der Waals surface area contributed by atoms with Crippen LogP contribution in [0.5, 0.6) is 0 Å². The van der Waals surface area contributed by atoms with E-state index in [0.717, 1.165) is 51.0 Å². The molecule has 0 N–H and O–H groups in total. The molecule has 0 bridgehead atoms. The first kappa shape index (κ1) is 17.5. The molecule has 0 atom stereocenters. The van der Waals surface area contributed by atoms with Crippen molar-refractivity contribution in [2.45, 2.75) is 32.6 Å². The number of piperidine rings is 1. The van der Waals surface area contributed by atoms with Gasteiger partial charge in [0, 0.05) is 36.9 Å². The van der Waals surface area contributed by atoms with E-state index in [1.807, 2.05) is 41.3 Å². The summed E-state index contributed by atoms with van der Waals surface area (Å²) in [7, 11) is 0. The van der Waals surface area contributed by atoms with Crippen LogP contribution in [0.25, 0.3) is 0 Å². The number of amides is 1. The van der Waals surface area contributed by atoms with Crippen molar-refractivity contribution in [1.29, 1.82) is 0 Å². The number of nitrogens with zero attached hydrogens (tertiary/aromatic N) is 2. The Balaban J connectivity index is 1.65. The quantitative estimate of drug-likeness (QED) is 0.761. The van der Waals surface area contributed by atoms with Crippen LogP contribution in [-0.4, -0.2) is 25.5 Å². The van der Waals surface area contributed by atoms with Crippen LogP contribution in [0.15, 0.2) is 60.7 Å². The summed E-state index contributed by atoms with van der Waals surface area (Å²) in [6.07, 6.45) is 4.01. The van der Waals surface area contributed by atoms with E-state index in [4.69, 9.17) is 0 Å². The molecule has 1 amide bonds. The van der Waals surface area contributed by atoms with E-state index in [1.54, 1.807) is 0 Å². The van der Waals surface area contributed by atoms with Crippen LogP contribution < -0.4 is 9.80 Å². The highest BCUT2D eigenvalue weighted by atomic mass is 16.2. The van der Waals surface area contributed by atoms with Gasteiger partial charge in [-0.05, 0) is 43.5 Å². The number of carbonyl (C=O) groups is 1. The number of unbranched alkanes of at least 4 members (excludes halogenated alkanes) is 1. The minimum Gasteiger partial charge on any atom is -0.371 e. The third-order valence-corrected chi connectivity index (χ3v) is 5.03. The zero-order valence-corrected chi connectivity index (χ0v) is 15.1. The molecular formula is C22H28N2O. The first-order chi connectivity index (χ1) is 12.3. The number of para-hydroxylation sites is 2. The van der Waals surface area contributed by atoms with Gasteiger partial charge in [-0.25, -0.2) is 0 Å². The molecule has 132 valence electrons. The summed E-state index contributed by atoms with van der Waals surface area (Å²) in [5, 5.41) is 0. The predicted molar refractivity (Wildman–Crippen MR) is 105 cm³/mol. The third-order valence-electron chi connectivity index (χ3n) is 5.03. The summed E-state index contributed by atoms with van der Waals surface area (Å²) in [6, 6.07) is 20.6. The first-order valence-electron chi connectivity index (χ1n) is 9.46. The molecule has 2 aromatic carbocycles. The van der Waals surface area contributed by atoms with Gasteiger partial charge in [0.15, 0.2) is 0 Å². The molecule has 0 radical (unpaired) electrons. The molecular weight excluding hydrogens is 308 g/mol. The summed E-state index contributed by atoms with van der Waals surface area (Å²) in [5.74, 6) is 0.435. The van der Waals surface area contributed by atoms with E-state index in [0.29, 0.717) is 5.91 Å². The maximum absolute atomic E-state index is 13.2. The fourth-order valence-corrected chi connectivity index (χ4v) is 3.53. The molecule has 1 heterocycles. The Morgan fingerprint density at radius 2 is 1.60 bits per heavy atom. The van der Waals surface area contributed by atoms with Crippen LogP contribution in [-0.2, 0) is 4.79 Å². The van der Waals surface area contributed by atoms with Gasteiger partial charge in [-0.2, -0.15) is 0 Å². The molecule has 0 spiro atoms. The predicted octanol–water partition coefficient (Wildman–Crippen LogP) is 4.74. The average molecular weight is 336 g/mol. The van der Waals surface area contributed by atoms with Gasteiger partial charge in [0.25, 0.3) is 0 Å². The van der Waals surface area contributed by atoms with E-state index in [-0.39, 0.29) is 5.92 Å². The highest BCUT2D eigenvalue weighted by molar-refractivity contribution is 5.95. The highest BCUT2D eigenvalue weighted by Crippen LogP contribution is 2.26. The van der Waals surface area contributed by atoms with Crippen molar-refractivity contribution in [2.75, 3.05) is 29.4 Å². The molecule has 0 aliphatic carbocycles. The third kappa shape index (κ3) is 4.41. The maximum Gasteiger partial charge on any atom is 0.230 e. The van der Waals surface area contributed by atoms with Gasteiger partial charge in [-0.1, -0.05) is 49.7 Å². The van der Waals surface area contributed by atoms with Crippen molar-refractivity contribution in [2.24, 2.45) is 5.92 Å². The highest BCUT2D eigenvalue weighted by Gasteiger charge is 2.29. The Morgan fingerprint density at radius 3 is 2.20 bits per heavy atom. The van der Waals surface area contributed by atoms with Gasteiger partial charge in [0.2, 0.25) is 5.91 Å². The fourth-order valence-electron chi connectivity index (χ4n) is 3.53. The fraction of sp³-hybridized carbons (Fsp3) is 0.409. The second kappa shape index (κ2) is 8.70. The van der Waals surface area contributed by atoms with Crippen LogP contribution in [0.4, 0.5) is 11.4 Å². The van der Waals surface area contributed by atoms with Crippen molar-refractivity contribution in [1.82, 2.24) is 0 Å². The van der Waals surface area contributed by atoms with Crippen molar-refractivity contribution >= 4 is 17.3 Å². The molecule has 0 aromatic heterocycles. The zero-order valence-electron chi connectivity index (χ0n) is 15.1. The average Bonchev–Trinajstić information content (AvgIpc) is 2.70. The van der Waals surface area contributed by atoms with Crippen molar-refractivity contribution in [3.8, 4) is 0 Å². The molecule has 0 unspecified atom stereocenters. The molecule has 1 aliphatic heterocycles. The summed E-state index contributed by atoms with van der Waals surface area (Å²) in [6.45, 7) is 4.90. The van der Waals surface area contributed by atoms with Gasteiger partial charge >= 0.3 is 0 Å². The Labute approximate surface area is 151 Å². The minimum atomic E-state index is 0.136. The number of rotatable bonds is 6. The number of benzene rings is 2. The van der Waals surface area contributed by atoms with Gasteiger partial charge in [0.1, 0.15) is 0 Å². The standard InChI is InChI=1S/C22H28N2O/c1-2-3-16-24(21-12-8-5-9-13-21)22(25)19-14-17-23(18-15-19)20-10-6-4-7-11-20/h4-13,19H,2-3,14-18H2,1H3. The number of carbonyl (C=O) groups excluding carboxylic acids is 1. The Kier molecular flexibility index (Phi) is 6.10. The Morgan fingerprint density at radius 1 is 1.00 bits per heavy atom. The SMILES string of the molecule is CCCCN(C(=O)C1CCN(c2ccccc2)CC1)c1ccccc1. The lowest BCUT2D eigenvalue weighted by Gasteiger charge is -2.35. The van der Waals surface area contributed by atoms with E-state index in [9.17, 15) is 4.79 Å². The van der Waals surface area contributed by atoms with E-state index in [1.165, 1.54) is 5.69 Å². The molecule has 2 aromatic rings. The lowest BCUT2D eigenvalue weighted by atomic mass is 9.94. The molecule has 1 fully saturated rings. The summed E-state index contributed by atoms with van der Waals surface area (Å²) in [4.78, 5) is 17.6. The Hall–Kier alpha value is -2.29. The minimum absolute atomic E-state index is 0.136. The normalized spacial score (nSPS) is 15.2. The Bertz CT molecular complexity index is 648. The molecule has 1 saturated heterocycles. The van der Waals surface area contributed by atoms with Crippen LogP contribution in [0.3, 0.4) is 0 Å². The van der Waals surface area contributed by atoms with E-state index >= 15 is 0 Å². The van der Waals surface area contributed by atoms with Crippen LogP contribution in [0.2, 0.25) is 0 Å². The second-order valence-electron chi connectivity index (χ2n) is 6.78. The van der Waals surface area contributed by atoms with E-state index < -0.39 is 0 Å². The van der Waals surface area contributed by atoms with Gasteiger partial charge in [-0.15, -0.1) is 0 Å². The lowest BCUT2D eigenvalue weighted by molar-refractivity contribution is -0.123. The molecule has 1 aliphatic rings. The summed E-state index contributed by atoms with van der Waals surface area (Å²) < 4.78 is 0. The molecule has 3 rings (SSSR count). The van der Waals surface area contributed by atoms with Crippen LogP contribution >= 0.6 is 0 Å². The topological polar surface area (TPSA) is 23.6 Å². The van der Waals surface area contributed by atoms with E-state index in [2.05, 4.69) is 36.1 Å². The number of hydrogen-bond donors (Lipinski definition) is 0. The number of anilines is 2. The monoisotopic (exact) mass is 336 g/mol. The van der Waals surface area contributed by atoms with Crippen molar-refractivity contribution in [3.63, 3.8) is 0 Å². The second-order valence-corrected chi connectivity index (χ2v) is 6.78. The first-order valence-corrected chi connectivity index (χ1v) is 9.46. The van der Waals surface area contributed by atoms with Crippen molar-refractivity contribution < 1.29 is 4.79 Å². The zero-order chi connectivity index (χ0) is 17.5. The van der Waals surface area contributed by atoms with Crippen molar-refractivity contribution in [3.05, 3.63) is 60.7 Å². The van der Waals surface area contributed by atoms with Gasteiger partial charge < -0.3 is 9.80 Å². The summed E-state index contributed by atoms with van der Waals surface area (Å²) >= 11 is 0. The molecule has 0 saturated carbocycles. The molecule has 3 heteroatoms. The maximum atomic E-state index is 13.2. The van der Waals surface area contributed by atoms with Crippen LogP contribution in [0.1, 0.15) is 32.6 Å².